The smallest absolute Gasteiger partial charge is 0.406 e. The summed E-state index contributed by atoms with van der Waals surface area (Å²) in [5.74, 6) is -0.553. The lowest BCUT2D eigenvalue weighted by Gasteiger charge is -2.41. The van der Waals surface area contributed by atoms with Gasteiger partial charge in [0.15, 0.2) is 9.84 Å². The van der Waals surface area contributed by atoms with Gasteiger partial charge in [-0.25, -0.2) is 13.2 Å². The maximum absolute atomic E-state index is 13.4. The number of nitrogens with zero attached hydrogens (tertiary/aromatic N) is 2. The topological polar surface area (TPSA) is 91.9 Å². The van der Waals surface area contributed by atoms with Crippen LogP contribution in [0.5, 0.6) is 5.75 Å². The molecule has 12 heteroatoms. The first-order valence-electron chi connectivity index (χ1n) is 11.8. The molecule has 1 aromatic carbocycles. The minimum absolute atomic E-state index is 0.0244. The van der Waals surface area contributed by atoms with E-state index in [1.807, 2.05) is 6.20 Å². The van der Waals surface area contributed by atoms with Gasteiger partial charge in [-0.3, -0.25) is 0 Å². The van der Waals surface area contributed by atoms with E-state index in [2.05, 4.69) is 15.8 Å². The summed E-state index contributed by atoms with van der Waals surface area (Å²) in [5.41, 5.74) is 2.86. The van der Waals surface area contributed by atoms with Crippen molar-refractivity contribution >= 4 is 15.9 Å². The molecule has 2 amide bonds. The zero-order chi connectivity index (χ0) is 25.9. The number of sulfone groups is 1. The molecule has 36 heavy (non-hydrogen) atoms. The predicted octanol–water partition coefficient (Wildman–Crippen LogP) is 3.53. The monoisotopic (exact) mass is 529 g/mol. The fourth-order valence-corrected chi connectivity index (χ4v) is 6.03. The predicted molar refractivity (Wildman–Crippen MR) is 127 cm³/mol. The Morgan fingerprint density at radius 3 is 2.39 bits per heavy atom. The van der Waals surface area contributed by atoms with Gasteiger partial charge in [0, 0.05) is 57.0 Å². The zero-order valence-electron chi connectivity index (χ0n) is 20.0. The second kappa shape index (κ2) is 10.7. The van der Waals surface area contributed by atoms with Crippen molar-refractivity contribution < 1.29 is 35.9 Å². The largest absolute Gasteiger partial charge is 0.573 e. The molecule has 8 nitrogen and oxygen atoms in total. The summed E-state index contributed by atoms with van der Waals surface area (Å²) in [5, 5.41) is 0. The standard InChI is InChI=1S/C24H30F3N3O5S/c1-34-9-6-17-12-22(28-14-17)20-13-19(18-2-4-21(5-3-18)35-24(25,26)27)15-30(16-20)23(31)29-7-10-36(32,33)11-8-29/h2-5,12,14,19-20,28H,6-11,13,15-16H2,1H3. The average Bonchev–Trinajstić information content (AvgIpc) is 3.31. The van der Waals surface area contributed by atoms with Crippen LogP contribution < -0.4 is 4.74 Å². The van der Waals surface area contributed by atoms with Crippen molar-refractivity contribution in [2.24, 2.45) is 0 Å². The lowest BCUT2D eigenvalue weighted by Crippen LogP contribution is -2.53. The van der Waals surface area contributed by atoms with Crippen molar-refractivity contribution in [3.05, 3.63) is 53.3 Å². The van der Waals surface area contributed by atoms with Crippen molar-refractivity contribution in [3.63, 3.8) is 0 Å². The van der Waals surface area contributed by atoms with Crippen LogP contribution in [-0.4, -0.2) is 87.0 Å². The minimum Gasteiger partial charge on any atom is -0.406 e. The Balaban J connectivity index is 1.54. The summed E-state index contributed by atoms with van der Waals surface area (Å²) in [4.78, 5) is 20.0. The average molecular weight is 530 g/mol. The van der Waals surface area contributed by atoms with Crippen LogP contribution in [0.25, 0.3) is 0 Å². The molecular weight excluding hydrogens is 499 g/mol. The van der Waals surface area contributed by atoms with E-state index in [0.29, 0.717) is 26.1 Å². The van der Waals surface area contributed by atoms with E-state index in [0.717, 1.165) is 23.2 Å². The second-order valence-electron chi connectivity index (χ2n) is 9.28. The summed E-state index contributed by atoms with van der Waals surface area (Å²) in [6.07, 6.45) is -1.41. The third kappa shape index (κ3) is 6.73. The summed E-state index contributed by atoms with van der Waals surface area (Å²) < 4.78 is 70.5. The Morgan fingerprint density at radius 1 is 1.08 bits per heavy atom. The van der Waals surface area contributed by atoms with E-state index in [4.69, 9.17) is 4.74 Å². The number of carbonyl (C=O) groups is 1. The van der Waals surface area contributed by atoms with Crippen LogP contribution in [0.4, 0.5) is 18.0 Å². The molecule has 0 saturated carbocycles. The molecule has 2 fully saturated rings. The first kappa shape index (κ1) is 26.3. The number of aromatic nitrogens is 1. The molecule has 2 aliphatic rings. The molecule has 2 saturated heterocycles. The Morgan fingerprint density at radius 2 is 1.75 bits per heavy atom. The highest BCUT2D eigenvalue weighted by Crippen LogP contribution is 2.37. The van der Waals surface area contributed by atoms with Crippen molar-refractivity contribution in [2.45, 2.75) is 31.0 Å². The molecule has 2 aromatic rings. The van der Waals surface area contributed by atoms with E-state index >= 15 is 0 Å². The molecule has 1 aromatic heterocycles. The summed E-state index contributed by atoms with van der Waals surface area (Å²) in [7, 11) is -1.49. The molecular formula is C24H30F3N3O5S. The number of urea groups is 1. The number of likely N-dealkylation sites (tertiary alicyclic amines) is 1. The fraction of sp³-hybridized carbons (Fsp3) is 0.542. The van der Waals surface area contributed by atoms with E-state index < -0.39 is 16.2 Å². The molecule has 2 aliphatic heterocycles. The number of nitrogens with one attached hydrogen (secondary N) is 1. The third-order valence-electron chi connectivity index (χ3n) is 6.72. The normalized spacial score (nSPS) is 22.4. The van der Waals surface area contributed by atoms with Crippen molar-refractivity contribution in [3.8, 4) is 5.75 Å². The SMILES string of the molecule is COCCc1c[nH]c(C2CC(c3ccc(OC(F)(F)F)cc3)CN(C(=O)N3CCS(=O)(=O)CC3)C2)c1. The van der Waals surface area contributed by atoms with E-state index in [-0.39, 0.29) is 48.2 Å². The molecule has 2 atom stereocenters. The van der Waals surface area contributed by atoms with Gasteiger partial charge in [0.25, 0.3) is 0 Å². The number of rotatable bonds is 6. The number of hydrogen-bond donors (Lipinski definition) is 1. The van der Waals surface area contributed by atoms with Crippen LogP contribution >= 0.6 is 0 Å². The van der Waals surface area contributed by atoms with Crippen molar-refractivity contribution in [1.29, 1.82) is 0 Å². The molecule has 4 rings (SSSR count). The Hall–Kier alpha value is -2.73. The number of methoxy groups -OCH3 is 1. The van der Waals surface area contributed by atoms with Gasteiger partial charge in [-0.05, 0) is 42.2 Å². The van der Waals surface area contributed by atoms with Crippen LogP contribution in [0.3, 0.4) is 0 Å². The van der Waals surface area contributed by atoms with Gasteiger partial charge in [-0.2, -0.15) is 0 Å². The molecule has 2 unspecified atom stereocenters. The van der Waals surface area contributed by atoms with Crippen molar-refractivity contribution in [1.82, 2.24) is 14.8 Å². The van der Waals surface area contributed by atoms with Crippen molar-refractivity contribution in [2.75, 3.05) is 51.4 Å². The van der Waals surface area contributed by atoms with Gasteiger partial charge in [-0.15, -0.1) is 13.2 Å². The van der Waals surface area contributed by atoms with E-state index in [9.17, 15) is 26.4 Å². The summed E-state index contributed by atoms with van der Waals surface area (Å²) in [6.45, 7) is 1.73. The number of alkyl halides is 3. The number of ether oxygens (including phenoxy) is 2. The summed E-state index contributed by atoms with van der Waals surface area (Å²) in [6, 6.07) is 7.61. The third-order valence-corrected chi connectivity index (χ3v) is 8.33. The quantitative estimate of drug-likeness (QED) is 0.618. The highest BCUT2D eigenvalue weighted by atomic mass is 32.2. The van der Waals surface area contributed by atoms with Gasteiger partial charge in [0.05, 0.1) is 18.1 Å². The van der Waals surface area contributed by atoms with Gasteiger partial charge in [0.2, 0.25) is 0 Å². The molecule has 198 valence electrons. The maximum atomic E-state index is 13.4. The van der Waals surface area contributed by atoms with Crippen LogP contribution in [0.1, 0.15) is 35.1 Å². The number of amides is 2. The van der Waals surface area contributed by atoms with Gasteiger partial charge in [-0.1, -0.05) is 12.1 Å². The number of H-pyrrole nitrogens is 1. The lowest BCUT2D eigenvalue weighted by molar-refractivity contribution is -0.274. The number of halogens is 3. The Bertz CT molecular complexity index is 1140. The zero-order valence-corrected chi connectivity index (χ0v) is 20.8. The molecule has 0 radical (unpaired) electrons. The molecule has 0 aliphatic carbocycles. The first-order chi connectivity index (χ1) is 17.0. The highest BCUT2D eigenvalue weighted by Gasteiger charge is 2.36. The lowest BCUT2D eigenvalue weighted by atomic mass is 9.83. The summed E-state index contributed by atoms with van der Waals surface area (Å²) >= 11 is 0. The van der Waals surface area contributed by atoms with Gasteiger partial charge >= 0.3 is 12.4 Å². The van der Waals surface area contributed by atoms with E-state index in [1.54, 1.807) is 29.0 Å². The number of aromatic amines is 1. The number of hydrogen-bond acceptors (Lipinski definition) is 5. The van der Waals surface area contributed by atoms with Gasteiger partial charge < -0.3 is 24.3 Å². The molecule has 3 heterocycles. The van der Waals surface area contributed by atoms with Crippen LogP contribution in [-0.2, 0) is 21.0 Å². The number of piperidine rings is 1. The van der Waals surface area contributed by atoms with E-state index in [1.165, 1.54) is 12.1 Å². The van der Waals surface area contributed by atoms with Crippen LogP contribution in [0.15, 0.2) is 36.5 Å². The Labute approximate surface area is 208 Å². The Kier molecular flexibility index (Phi) is 7.84. The number of carbonyl (C=O) groups excluding carboxylic acids is 1. The van der Waals surface area contributed by atoms with Gasteiger partial charge in [0.1, 0.15) is 5.75 Å². The molecule has 0 spiro atoms. The second-order valence-corrected chi connectivity index (χ2v) is 11.6. The number of benzene rings is 1. The first-order valence-corrected chi connectivity index (χ1v) is 13.6. The maximum Gasteiger partial charge on any atom is 0.573 e. The minimum atomic E-state index is -4.77. The highest BCUT2D eigenvalue weighted by molar-refractivity contribution is 7.91. The van der Waals surface area contributed by atoms with Crippen LogP contribution in [0, 0.1) is 0 Å². The fourth-order valence-electron chi connectivity index (χ4n) is 4.83. The molecule has 1 N–H and O–H groups in total. The van der Waals surface area contributed by atoms with Crippen LogP contribution in [0.2, 0.25) is 0 Å². The molecule has 0 bridgehead atoms.